The molecule has 0 unspecified atom stereocenters. The Morgan fingerprint density at radius 2 is 2.11 bits per heavy atom. The van der Waals surface area contributed by atoms with E-state index in [1.165, 1.54) is 6.20 Å². The first-order chi connectivity index (χ1) is 8.96. The summed E-state index contributed by atoms with van der Waals surface area (Å²) in [5.74, 6) is 0.174. The molecule has 0 amide bonds. The quantitative estimate of drug-likeness (QED) is 0.863. The van der Waals surface area contributed by atoms with E-state index in [9.17, 15) is 13.2 Å². The van der Waals surface area contributed by atoms with E-state index in [-0.39, 0.29) is 23.4 Å². The number of halogens is 3. The fourth-order valence-corrected chi connectivity index (χ4v) is 2.44. The Morgan fingerprint density at radius 3 is 2.63 bits per heavy atom. The maximum absolute atomic E-state index is 13.2. The van der Waals surface area contributed by atoms with Gasteiger partial charge in [-0.2, -0.15) is 18.3 Å². The highest BCUT2D eigenvalue weighted by molar-refractivity contribution is 7.71. The summed E-state index contributed by atoms with van der Waals surface area (Å²) in [4.78, 5) is 3.89. The van der Waals surface area contributed by atoms with Crippen LogP contribution in [0.4, 0.5) is 13.2 Å². The smallest absolute Gasteiger partial charge is 0.285 e. The van der Waals surface area contributed by atoms with Gasteiger partial charge in [-0.25, -0.2) is 0 Å². The lowest BCUT2D eigenvalue weighted by Crippen LogP contribution is -2.35. The molecule has 4 nitrogen and oxygen atoms in total. The highest BCUT2D eigenvalue weighted by Gasteiger charge is 2.66. The molecule has 100 valence electrons. The van der Waals surface area contributed by atoms with Gasteiger partial charge in [-0.15, -0.1) is 0 Å². The zero-order valence-corrected chi connectivity index (χ0v) is 10.4. The predicted octanol–water partition coefficient (Wildman–Crippen LogP) is 3.05. The Bertz CT molecular complexity index is 655. The molecule has 0 radical (unpaired) electrons. The summed E-state index contributed by atoms with van der Waals surface area (Å²) < 4.78 is 40.7. The fraction of sp³-hybridized carbons (Fsp3) is 0.364. The van der Waals surface area contributed by atoms with Crippen LogP contribution in [0.2, 0.25) is 0 Å². The third-order valence-electron chi connectivity index (χ3n) is 3.27. The SMILES string of the molecule is FC(F)(F)C1(n2c(-c3cccnc3)n[nH]c2=S)CC1. The van der Waals surface area contributed by atoms with Crippen LogP contribution in [0.25, 0.3) is 11.4 Å². The number of nitrogens with one attached hydrogen (secondary N) is 1. The van der Waals surface area contributed by atoms with Crippen molar-refractivity contribution in [2.24, 2.45) is 0 Å². The van der Waals surface area contributed by atoms with Crippen LogP contribution in [0.5, 0.6) is 0 Å². The van der Waals surface area contributed by atoms with Crippen LogP contribution in [0.1, 0.15) is 12.8 Å². The van der Waals surface area contributed by atoms with E-state index in [0.29, 0.717) is 5.56 Å². The van der Waals surface area contributed by atoms with E-state index in [1.807, 2.05) is 0 Å². The molecule has 0 saturated heterocycles. The lowest BCUT2D eigenvalue weighted by Gasteiger charge is -2.22. The highest BCUT2D eigenvalue weighted by atomic mass is 32.1. The summed E-state index contributed by atoms with van der Waals surface area (Å²) in [6, 6.07) is 3.30. The number of hydrogen-bond acceptors (Lipinski definition) is 3. The Hall–Kier alpha value is -1.70. The van der Waals surface area contributed by atoms with E-state index in [4.69, 9.17) is 12.2 Å². The van der Waals surface area contributed by atoms with E-state index >= 15 is 0 Å². The minimum Gasteiger partial charge on any atom is -0.285 e. The average Bonchev–Trinajstić information content (AvgIpc) is 3.09. The number of pyridine rings is 1. The normalized spacial score (nSPS) is 17.4. The van der Waals surface area contributed by atoms with Crippen LogP contribution in [-0.4, -0.2) is 25.9 Å². The largest absolute Gasteiger partial charge is 0.412 e. The molecule has 2 aromatic rings. The molecule has 0 aliphatic heterocycles. The average molecular weight is 286 g/mol. The Kier molecular flexibility index (Phi) is 2.53. The van der Waals surface area contributed by atoms with E-state index in [0.717, 1.165) is 4.57 Å². The van der Waals surface area contributed by atoms with Gasteiger partial charge in [0.2, 0.25) is 0 Å². The second-order valence-corrected chi connectivity index (χ2v) is 4.85. The maximum atomic E-state index is 13.2. The first-order valence-electron chi connectivity index (χ1n) is 5.61. The van der Waals surface area contributed by atoms with Gasteiger partial charge in [-0.3, -0.25) is 14.6 Å². The van der Waals surface area contributed by atoms with Gasteiger partial charge in [0.05, 0.1) is 0 Å². The highest BCUT2D eigenvalue weighted by Crippen LogP contribution is 2.56. The van der Waals surface area contributed by atoms with E-state index in [2.05, 4.69) is 15.2 Å². The standard InChI is InChI=1S/C11H9F3N4S/c12-11(13,14)10(3-4-10)18-8(16-17-9(18)19)7-2-1-5-15-6-7/h1-2,5-6H,3-4H2,(H,17,19). The number of aromatic nitrogens is 4. The number of rotatable bonds is 2. The van der Waals surface area contributed by atoms with Crippen LogP contribution < -0.4 is 0 Å². The number of aromatic amines is 1. The molecule has 19 heavy (non-hydrogen) atoms. The van der Waals surface area contributed by atoms with Crippen molar-refractivity contribution < 1.29 is 13.2 Å². The minimum atomic E-state index is -4.34. The van der Waals surface area contributed by atoms with Crippen LogP contribution in [0.15, 0.2) is 24.5 Å². The molecule has 0 spiro atoms. The van der Waals surface area contributed by atoms with Crippen molar-refractivity contribution >= 4 is 12.2 Å². The van der Waals surface area contributed by atoms with Gasteiger partial charge >= 0.3 is 6.18 Å². The van der Waals surface area contributed by atoms with Crippen molar-refractivity contribution in [1.29, 1.82) is 0 Å². The lowest BCUT2D eigenvalue weighted by molar-refractivity contribution is -0.179. The van der Waals surface area contributed by atoms with E-state index < -0.39 is 11.7 Å². The van der Waals surface area contributed by atoms with Crippen LogP contribution >= 0.6 is 12.2 Å². The van der Waals surface area contributed by atoms with Crippen molar-refractivity contribution in [3.63, 3.8) is 0 Å². The van der Waals surface area contributed by atoms with E-state index in [1.54, 1.807) is 18.3 Å². The van der Waals surface area contributed by atoms with Gasteiger partial charge in [-0.1, -0.05) is 0 Å². The number of nitrogens with zero attached hydrogens (tertiary/aromatic N) is 3. The summed E-state index contributed by atoms with van der Waals surface area (Å²) in [7, 11) is 0. The molecule has 0 atom stereocenters. The van der Waals surface area contributed by atoms with Gasteiger partial charge in [0, 0.05) is 18.0 Å². The lowest BCUT2D eigenvalue weighted by atomic mass is 10.2. The van der Waals surface area contributed by atoms with Gasteiger partial charge in [0.1, 0.15) is 5.54 Å². The van der Waals surface area contributed by atoms with Crippen molar-refractivity contribution in [3.05, 3.63) is 29.3 Å². The topological polar surface area (TPSA) is 46.5 Å². The number of hydrogen-bond donors (Lipinski definition) is 1. The molecule has 2 heterocycles. The second kappa shape index (κ2) is 3.89. The van der Waals surface area contributed by atoms with Crippen LogP contribution in [-0.2, 0) is 5.54 Å². The van der Waals surface area contributed by atoms with Crippen molar-refractivity contribution in [2.75, 3.05) is 0 Å². The Labute approximate surface area is 111 Å². The second-order valence-electron chi connectivity index (χ2n) is 4.46. The summed E-state index contributed by atoms with van der Waals surface area (Å²) in [5.41, 5.74) is -1.41. The van der Waals surface area contributed by atoms with Gasteiger partial charge in [0.15, 0.2) is 10.6 Å². The molecular weight excluding hydrogens is 277 g/mol. The molecule has 0 aromatic carbocycles. The number of alkyl halides is 3. The third kappa shape index (κ3) is 1.78. The first kappa shape index (κ1) is 12.3. The molecule has 1 aliphatic rings. The zero-order chi connectivity index (χ0) is 13.7. The third-order valence-corrected chi connectivity index (χ3v) is 3.55. The first-order valence-corrected chi connectivity index (χ1v) is 6.01. The van der Waals surface area contributed by atoms with Gasteiger partial charge in [-0.05, 0) is 37.2 Å². The molecule has 1 aliphatic carbocycles. The van der Waals surface area contributed by atoms with Crippen molar-refractivity contribution in [1.82, 2.24) is 19.7 Å². The Morgan fingerprint density at radius 1 is 1.37 bits per heavy atom. The van der Waals surface area contributed by atoms with Crippen molar-refractivity contribution in [3.8, 4) is 11.4 Å². The minimum absolute atomic E-state index is 0.0197. The summed E-state index contributed by atoms with van der Waals surface area (Å²) in [6.45, 7) is 0. The summed E-state index contributed by atoms with van der Waals surface area (Å²) in [5, 5.41) is 6.35. The molecule has 3 rings (SSSR count). The predicted molar refractivity (Wildman–Crippen MR) is 63.9 cm³/mol. The number of H-pyrrole nitrogens is 1. The fourth-order valence-electron chi connectivity index (χ4n) is 2.13. The maximum Gasteiger partial charge on any atom is 0.412 e. The molecule has 2 aromatic heterocycles. The van der Waals surface area contributed by atoms with Gasteiger partial charge in [0.25, 0.3) is 0 Å². The summed E-state index contributed by atoms with van der Waals surface area (Å²) >= 11 is 4.95. The zero-order valence-electron chi connectivity index (χ0n) is 9.61. The summed E-state index contributed by atoms with van der Waals surface area (Å²) in [6.07, 6.45) is -1.28. The molecular formula is C11H9F3N4S. The molecule has 1 fully saturated rings. The van der Waals surface area contributed by atoms with Crippen molar-refractivity contribution in [2.45, 2.75) is 24.6 Å². The van der Waals surface area contributed by atoms with Crippen LogP contribution in [0, 0.1) is 4.77 Å². The molecule has 0 bridgehead atoms. The van der Waals surface area contributed by atoms with Crippen LogP contribution in [0.3, 0.4) is 0 Å². The molecule has 1 N–H and O–H groups in total. The Balaban J connectivity index is 2.19. The monoisotopic (exact) mass is 286 g/mol. The molecule has 8 heteroatoms. The molecule has 1 saturated carbocycles. The van der Waals surface area contributed by atoms with Gasteiger partial charge < -0.3 is 0 Å².